The van der Waals surface area contributed by atoms with Crippen molar-refractivity contribution in [3.05, 3.63) is 34.9 Å². The van der Waals surface area contributed by atoms with Gasteiger partial charge in [0.15, 0.2) is 0 Å². The van der Waals surface area contributed by atoms with E-state index in [1.54, 1.807) is 6.07 Å². The van der Waals surface area contributed by atoms with Crippen LogP contribution in [0.3, 0.4) is 0 Å². The molecular formula is C13H16ClNO2. The van der Waals surface area contributed by atoms with Crippen molar-refractivity contribution in [1.29, 1.82) is 0 Å². The standard InChI is InChI=1S/C13H16ClNO2/c14-11-5-2-1-4-9(11)10(8-15)13(12(16)17)6-3-7-13/h1-2,4-5,10H,3,6-8,15H2,(H,16,17)/t10-/m0/s1. The third-order valence-electron chi connectivity index (χ3n) is 3.86. The molecule has 0 bridgehead atoms. The van der Waals surface area contributed by atoms with Crippen molar-refractivity contribution in [1.82, 2.24) is 0 Å². The van der Waals surface area contributed by atoms with Crippen molar-refractivity contribution < 1.29 is 9.90 Å². The molecule has 92 valence electrons. The maximum absolute atomic E-state index is 11.5. The number of nitrogens with two attached hydrogens (primary N) is 1. The van der Waals surface area contributed by atoms with Crippen molar-refractivity contribution in [2.45, 2.75) is 25.2 Å². The highest BCUT2D eigenvalue weighted by atomic mass is 35.5. The second kappa shape index (κ2) is 4.67. The van der Waals surface area contributed by atoms with Gasteiger partial charge in [0.05, 0.1) is 5.41 Å². The first-order chi connectivity index (χ1) is 8.12. The van der Waals surface area contributed by atoms with E-state index in [1.807, 2.05) is 18.2 Å². The molecule has 1 aliphatic rings. The number of carboxylic acids is 1. The van der Waals surface area contributed by atoms with E-state index in [9.17, 15) is 9.90 Å². The molecule has 1 aromatic rings. The van der Waals surface area contributed by atoms with Gasteiger partial charge in [-0.15, -0.1) is 0 Å². The number of benzene rings is 1. The fourth-order valence-electron chi connectivity index (χ4n) is 2.68. The molecule has 1 saturated carbocycles. The SMILES string of the molecule is NC[C@@H](c1ccccc1Cl)C1(C(=O)O)CCC1. The van der Waals surface area contributed by atoms with E-state index >= 15 is 0 Å². The molecule has 0 radical (unpaired) electrons. The van der Waals surface area contributed by atoms with E-state index in [0.29, 0.717) is 24.4 Å². The van der Waals surface area contributed by atoms with Crippen LogP contribution in [0.2, 0.25) is 5.02 Å². The highest BCUT2D eigenvalue weighted by Gasteiger charge is 2.50. The van der Waals surface area contributed by atoms with Gasteiger partial charge in [0, 0.05) is 17.5 Å². The Morgan fingerprint density at radius 3 is 2.53 bits per heavy atom. The third-order valence-corrected chi connectivity index (χ3v) is 4.20. The fraction of sp³-hybridized carbons (Fsp3) is 0.462. The minimum Gasteiger partial charge on any atom is -0.481 e. The molecule has 0 aliphatic heterocycles. The van der Waals surface area contributed by atoms with Gasteiger partial charge in [-0.05, 0) is 24.5 Å². The zero-order valence-electron chi connectivity index (χ0n) is 9.53. The summed E-state index contributed by atoms with van der Waals surface area (Å²) in [6, 6.07) is 7.38. The topological polar surface area (TPSA) is 63.3 Å². The van der Waals surface area contributed by atoms with Gasteiger partial charge in [-0.3, -0.25) is 4.79 Å². The highest BCUT2D eigenvalue weighted by molar-refractivity contribution is 6.31. The number of hydrogen-bond acceptors (Lipinski definition) is 2. The van der Waals surface area contributed by atoms with E-state index in [2.05, 4.69) is 0 Å². The maximum atomic E-state index is 11.5. The van der Waals surface area contributed by atoms with Crippen molar-refractivity contribution in [3.8, 4) is 0 Å². The van der Waals surface area contributed by atoms with Crippen LogP contribution in [0.25, 0.3) is 0 Å². The third kappa shape index (κ3) is 1.94. The van der Waals surface area contributed by atoms with Crippen molar-refractivity contribution in [3.63, 3.8) is 0 Å². The number of carboxylic acid groups (broad SMARTS) is 1. The van der Waals surface area contributed by atoms with Crippen LogP contribution in [-0.2, 0) is 4.79 Å². The van der Waals surface area contributed by atoms with Gasteiger partial charge in [-0.25, -0.2) is 0 Å². The first kappa shape index (κ1) is 12.4. The number of halogens is 1. The first-order valence-electron chi connectivity index (χ1n) is 5.80. The summed E-state index contributed by atoms with van der Waals surface area (Å²) in [7, 11) is 0. The van der Waals surface area contributed by atoms with Crippen molar-refractivity contribution in [2.75, 3.05) is 6.54 Å². The minimum absolute atomic E-state index is 0.192. The van der Waals surface area contributed by atoms with E-state index in [0.717, 1.165) is 12.0 Å². The second-order valence-electron chi connectivity index (χ2n) is 4.62. The molecule has 3 N–H and O–H groups in total. The number of carbonyl (C=O) groups is 1. The molecule has 17 heavy (non-hydrogen) atoms. The second-order valence-corrected chi connectivity index (χ2v) is 5.03. The van der Waals surface area contributed by atoms with Gasteiger partial charge in [-0.1, -0.05) is 36.2 Å². The summed E-state index contributed by atoms with van der Waals surface area (Å²) in [5, 5.41) is 10.0. The Balaban J connectivity index is 2.40. The molecule has 0 amide bonds. The van der Waals surface area contributed by atoms with Crippen LogP contribution in [0, 0.1) is 5.41 Å². The van der Waals surface area contributed by atoms with Crippen LogP contribution < -0.4 is 5.73 Å². The Hall–Kier alpha value is -1.06. The lowest BCUT2D eigenvalue weighted by Gasteiger charge is -2.44. The van der Waals surface area contributed by atoms with E-state index in [-0.39, 0.29) is 5.92 Å². The summed E-state index contributed by atoms with van der Waals surface area (Å²) in [5.41, 5.74) is 5.94. The lowest BCUT2D eigenvalue weighted by Crippen LogP contribution is -2.46. The maximum Gasteiger partial charge on any atom is 0.310 e. The van der Waals surface area contributed by atoms with Crippen LogP contribution in [0.15, 0.2) is 24.3 Å². The average Bonchev–Trinajstić information content (AvgIpc) is 2.24. The summed E-state index contributed by atoms with van der Waals surface area (Å²) >= 11 is 6.14. The molecule has 1 fully saturated rings. The Labute approximate surface area is 106 Å². The Morgan fingerprint density at radius 2 is 2.12 bits per heavy atom. The molecule has 4 heteroatoms. The van der Waals surface area contributed by atoms with Gasteiger partial charge in [0.25, 0.3) is 0 Å². The zero-order valence-corrected chi connectivity index (χ0v) is 10.3. The van der Waals surface area contributed by atoms with Gasteiger partial charge in [-0.2, -0.15) is 0 Å². The van der Waals surface area contributed by atoms with Crippen LogP contribution in [0.1, 0.15) is 30.7 Å². The summed E-state index contributed by atoms with van der Waals surface area (Å²) in [6.07, 6.45) is 2.33. The van der Waals surface area contributed by atoms with Crippen LogP contribution in [0.4, 0.5) is 0 Å². The lowest BCUT2D eigenvalue weighted by atomic mass is 9.59. The van der Waals surface area contributed by atoms with Crippen molar-refractivity contribution >= 4 is 17.6 Å². The quantitative estimate of drug-likeness (QED) is 0.867. The molecule has 0 saturated heterocycles. The van der Waals surface area contributed by atoms with Crippen LogP contribution in [-0.4, -0.2) is 17.6 Å². The number of rotatable bonds is 4. The minimum atomic E-state index is -0.751. The lowest BCUT2D eigenvalue weighted by molar-refractivity contribution is -0.156. The van der Waals surface area contributed by atoms with E-state index < -0.39 is 11.4 Å². The van der Waals surface area contributed by atoms with Crippen LogP contribution >= 0.6 is 11.6 Å². The molecule has 2 rings (SSSR count). The molecule has 0 spiro atoms. The zero-order chi connectivity index (χ0) is 12.5. The molecular weight excluding hydrogens is 238 g/mol. The number of aliphatic carboxylic acids is 1. The molecule has 1 aromatic carbocycles. The Morgan fingerprint density at radius 1 is 1.47 bits per heavy atom. The smallest absolute Gasteiger partial charge is 0.310 e. The highest BCUT2D eigenvalue weighted by Crippen LogP contribution is 2.52. The molecule has 1 atom stereocenters. The monoisotopic (exact) mass is 253 g/mol. The largest absolute Gasteiger partial charge is 0.481 e. The molecule has 0 unspecified atom stereocenters. The fourth-order valence-corrected chi connectivity index (χ4v) is 2.94. The van der Waals surface area contributed by atoms with Gasteiger partial charge in [0.2, 0.25) is 0 Å². The van der Waals surface area contributed by atoms with Gasteiger partial charge < -0.3 is 10.8 Å². The van der Waals surface area contributed by atoms with Crippen molar-refractivity contribution in [2.24, 2.45) is 11.1 Å². The molecule has 0 heterocycles. The van der Waals surface area contributed by atoms with Gasteiger partial charge in [0.1, 0.15) is 0 Å². The predicted molar refractivity (Wildman–Crippen MR) is 67.2 cm³/mol. The summed E-state index contributed by atoms with van der Waals surface area (Å²) < 4.78 is 0. The predicted octanol–water partition coefficient (Wildman–Crippen LogP) is 2.64. The normalized spacial score (nSPS) is 19.4. The summed E-state index contributed by atoms with van der Waals surface area (Å²) in [4.78, 5) is 11.5. The number of hydrogen-bond donors (Lipinski definition) is 2. The first-order valence-corrected chi connectivity index (χ1v) is 6.17. The summed E-state index contributed by atoms with van der Waals surface area (Å²) in [5.74, 6) is -0.943. The Kier molecular flexibility index (Phi) is 3.40. The van der Waals surface area contributed by atoms with Crippen LogP contribution in [0.5, 0.6) is 0 Å². The van der Waals surface area contributed by atoms with E-state index in [1.165, 1.54) is 0 Å². The summed E-state index contributed by atoms with van der Waals surface area (Å²) in [6.45, 7) is 0.316. The molecule has 3 nitrogen and oxygen atoms in total. The molecule has 0 aromatic heterocycles. The Bertz CT molecular complexity index is 429. The van der Waals surface area contributed by atoms with Gasteiger partial charge >= 0.3 is 5.97 Å². The van der Waals surface area contributed by atoms with E-state index in [4.69, 9.17) is 17.3 Å². The molecule has 1 aliphatic carbocycles. The average molecular weight is 254 g/mol.